The van der Waals surface area contributed by atoms with E-state index in [4.69, 9.17) is 0 Å². The molecule has 0 saturated heterocycles. The molecule has 0 bridgehead atoms. The Hall–Kier alpha value is -1.56. The number of halogens is 3. The van der Waals surface area contributed by atoms with Gasteiger partial charge in [0.15, 0.2) is 17.5 Å². The molecule has 0 aromatic heterocycles. The predicted molar refractivity (Wildman–Crippen MR) is 59.5 cm³/mol. The van der Waals surface area contributed by atoms with E-state index in [0.717, 1.165) is 0 Å². The van der Waals surface area contributed by atoms with Gasteiger partial charge in [0.2, 0.25) is 0 Å². The molecule has 1 atom stereocenters. The Morgan fingerprint density at radius 1 is 1.28 bits per heavy atom. The highest BCUT2D eigenvalue weighted by molar-refractivity contribution is 5.94. The molecule has 0 spiro atoms. The third kappa shape index (κ3) is 3.01. The smallest absolute Gasteiger partial charge is 0.251 e. The number of aliphatic hydroxyl groups excluding tert-OH is 1. The van der Waals surface area contributed by atoms with Crippen LogP contribution in [-0.2, 0) is 0 Å². The van der Waals surface area contributed by atoms with Crippen LogP contribution in [0.5, 0.6) is 0 Å². The Kier molecular flexibility index (Phi) is 4.01. The van der Waals surface area contributed by atoms with Crippen LogP contribution in [0.25, 0.3) is 0 Å². The molecular formula is C12H14F3NO2. The standard InChI is InChI=1S/C12H14F3NO2/c1-6(17)12(2,3)16-11(18)7-4-8(13)10(15)9(14)5-7/h4-6,17H,1-3H3,(H,16,18). The second-order valence-electron chi connectivity index (χ2n) is 4.61. The number of amides is 1. The molecule has 0 saturated carbocycles. The topological polar surface area (TPSA) is 49.3 Å². The van der Waals surface area contributed by atoms with Crippen molar-refractivity contribution in [1.82, 2.24) is 5.32 Å². The molecule has 1 rings (SSSR count). The summed E-state index contributed by atoms with van der Waals surface area (Å²) < 4.78 is 38.6. The maximum Gasteiger partial charge on any atom is 0.251 e. The molecule has 1 aromatic rings. The fourth-order valence-corrected chi connectivity index (χ4v) is 1.16. The Labute approximate surface area is 103 Å². The van der Waals surface area contributed by atoms with Crippen molar-refractivity contribution in [1.29, 1.82) is 0 Å². The Balaban J connectivity index is 2.99. The van der Waals surface area contributed by atoms with Crippen molar-refractivity contribution in [2.75, 3.05) is 0 Å². The number of benzene rings is 1. The summed E-state index contributed by atoms with van der Waals surface area (Å²) in [5.41, 5.74) is -1.32. The second-order valence-corrected chi connectivity index (χ2v) is 4.61. The Morgan fingerprint density at radius 2 is 1.72 bits per heavy atom. The molecule has 100 valence electrons. The van der Waals surface area contributed by atoms with E-state index in [1.807, 2.05) is 0 Å². The minimum Gasteiger partial charge on any atom is -0.391 e. The molecule has 18 heavy (non-hydrogen) atoms. The first-order chi connectivity index (χ1) is 8.15. The van der Waals surface area contributed by atoms with Gasteiger partial charge in [-0.05, 0) is 32.9 Å². The molecule has 1 amide bonds. The van der Waals surface area contributed by atoms with Crippen molar-refractivity contribution in [3.05, 3.63) is 35.1 Å². The lowest BCUT2D eigenvalue weighted by Crippen LogP contribution is -2.51. The highest BCUT2D eigenvalue weighted by Crippen LogP contribution is 2.15. The summed E-state index contributed by atoms with van der Waals surface area (Å²) in [6, 6.07) is 1.21. The van der Waals surface area contributed by atoms with Crippen molar-refractivity contribution in [2.24, 2.45) is 0 Å². The van der Waals surface area contributed by atoms with Crippen LogP contribution in [0.4, 0.5) is 13.2 Å². The van der Waals surface area contributed by atoms with Crippen molar-refractivity contribution in [3.8, 4) is 0 Å². The minimum absolute atomic E-state index is 0.347. The molecule has 3 nitrogen and oxygen atoms in total. The van der Waals surface area contributed by atoms with Gasteiger partial charge < -0.3 is 10.4 Å². The van der Waals surface area contributed by atoms with E-state index < -0.39 is 35.0 Å². The molecule has 1 aromatic carbocycles. The fourth-order valence-electron chi connectivity index (χ4n) is 1.16. The van der Waals surface area contributed by atoms with Gasteiger partial charge in [-0.3, -0.25) is 4.79 Å². The van der Waals surface area contributed by atoms with E-state index in [1.54, 1.807) is 13.8 Å². The molecule has 2 N–H and O–H groups in total. The molecule has 1 unspecified atom stereocenters. The highest BCUT2D eigenvalue weighted by atomic mass is 19.2. The van der Waals surface area contributed by atoms with Crippen LogP contribution in [0, 0.1) is 17.5 Å². The number of hydrogen-bond donors (Lipinski definition) is 2. The molecule has 0 aliphatic heterocycles. The van der Waals surface area contributed by atoms with Gasteiger partial charge in [0, 0.05) is 5.56 Å². The van der Waals surface area contributed by atoms with E-state index in [2.05, 4.69) is 5.32 Å². The Bertz CT molecular complexity index is 449. The van der Waals surface area contributed by atoms with Gasteiger partial charge in [0.25, 0.3) is 5.91 Å². The van der Waals surface area contributed by atoms with Gasteiger partial charge >= 0.3 is 0 Å². The quantitative estimate of drug-likeness (QED) is 0.817. The van der Waals surface area contributed by atoms with Crippen LogP contribution in [0.2, 0.25) is 0 Å². The maximum atomic E-state index is 12.9. The molecule has 0 aliphatic rings. The summed E-state index contributed by atoms with van der Waals surface area (Å²) in [5.74, 6) is -5.29. The van der Waals surface area contributed by atoms with Crippen LogP contribution in [-0.4, -0.2) is 22.7 Å². The average molecular weight is 261 g/mol. The summed E-state index contributed by atoms with van der Waals surface area (Å²) in [4.78, 5) is 11.7. The summed E-state index contributed by atoms with van der Waals surface area (Å²) >= 11 is 0. The number of nitrogens with one attached hydrogen (secondary N) is 1. The lowest BCUT2D eigenvalue weighted by molar-refractivity contribution is 0.0708. The fraction of sp³-hybridized carbons (Fsp3) is 0.417. The molecule has 6 heteroatoms. The zero-order valence-electron chi connectivity index (χ0n) is 10.2. The Morgan fingerprint density at radius 3 is 2.11 bits per heavy atom. The number of carbonyl (C=O) groups excluding carboxylic acids is 1. The molecular weight excluding hydrogens is 247 g/mol. The summed E-state index contributed by atoms with van der Waals surface area (Å²) in [5, 5.41) is 11.8. The average Bonchev–Trinajstić information content (AvgIpc) is 2.24. The molecule has 0 radical (unpaired) electrons. The molecule has 0 heterocycles. The zero-order valence-corrected chi connectivity index (χ0v) is 10.2. The first kappa shape index (κ1) is 14.5. The van der Waals surface area contributed by atoms with Crippen LogP contribution in [0.3, 0.4) is 0 Å². The van der Waals surface area contributed by atoms with Crippen LogP contribution in [0.1, 0.15) is 31.1 Å². The molecule has 0 fully saturated rings. The van der Waals surface area contributed by atoms with Crippen molar-refractivity contribution in [3.63, 3.8) is 0 Å². The van der Waals surface area contributed by atoms with E-state index >= 15 is 0 Å². The van der Waals surface area contributed by atoms with E-state index in [-0.39, 0.29) is 5.56 Å². The zero-order chi connectivity index (χ0) is 14.1. The van der Waals surface area contributed by atoms with Gasteiger partial charge in [-0.1, -0.05) is 0 Å². The van der Waals surface area contributed by atoms with Gasteiger partial charge in [-0.2, -0.15) is 0 Å². The first-order valence-corrected chi connectivity index (χ1v) is 5.30. The monoisotopic (exact) mass is 261 g/mol. The summed E-state index contributed by atoms with van der Waals surface area (Å²) in [7, 11) is 0. The third-order valence-corrected chi connectivity index (χ3v) is 2.73. The van der Waals surface area contributed by atoms with Crippen molar-refractivity contribution >= 4 is 5.91 Å². The predicted octanol–water partition coefficient (Wildman–Crippen LogP) is 1.99. The highest BCUT2D eigenvalue weighted by Gasteiger charge is 2.27. The van der Waals surface area contributed by atoms with E-state index in [9.17, 15) is 23.1 Å². The van der Waals surface area contributed by atoms with Gasteiger partial charge in [0.05, 0.1) is 11.6 Å². The summed E-state index contributed by atoms with van der Waals surface area (Å²) in [6.07, 6.45) is -0.864. The number of aliphatic hydroxyl groups is 1. The maximum absolute atomic E-state index is 12.9. The minimum atomic E-state index is -1.62. The van der Waals surface area contributed by atoms with E-state index in [0.29, 0.717) is 12.1 Å². The molecule has 0 aliphatic carbocycles. The second kappa shape index (κ2) is 4.97. The van der Waals surface area contributed by atoms with Gasteiger partial charge in [-0.15, -0.1) is 0 Å². The largest absolute Gasteiger partial charge is 0.391 e. The number of rotatable bonds is 3. The number of carbonyl (C=O) groups is 1. The van der Waals surface area contributed by atoms with Crippen LogP contribution >= 0.6 is 0 Å². The SMILES string of the molecule is CC(O)C(C)(C)NC(=O)c1cc(F)c(F)c(F)c1. The van der Waals surface area contributed by atoms with Crippen molar-refractivity contribution in [2.45, 2.75) is 32.4 Å². The van der Waals surface area contributed by atoms with Crippen molar-refractivity contribution < 1.29 is 23.1 Å². The first-order valence-electron chi connectivity index (χ1n) is 5.30. The lowest BCUT2D eigenvalue weighted by Gasteiger charge is -2.29. The third-order valence-electron chi connectivity index (χ3n) is 2.73. The lowest BCUT2D eigenvalue weighted by atomic mass is 9.98. The van der Waals surface area contributed by atoms with Gasteiger partial charge in [-0.25, -0.2) is 13.2 Å². The normalized spacial score (nSPS) is 13.3. The number of hydrogen-bond acceptors (Lipinski definition) is 2. The van der Waals surface area contributed by atoms with E-state index in [1.165, 1.54) is 6.92 Å². The summed E-state index contributed by atoms with van der Waals surface area (Å²) in [6.45, 7) is 4.56. The van der Waals surface area contributed by atoms with Crippen LogP contribution in [0.15, 0.2) is 12.1 Å². The van der Waals surface area contributed by atoms with Crippen LogP contribution < -0.4 is 5.32 Å². The van der Waals surface area contributed by atoms with Gasteiger partial charge in [0.1, 0.15) is 0 Å².